The van der Waals surface area contributed by atoms with Crippen molar-refractivity contribution in [3.05, 3.63) is 65.7 Å². The lowest BCUT2D eigenvalue weighted by Gasteiger charge is -2.07. The van der Waals surface area contributed by atoms with Gasteiger partial charge in [-0.3, -0.25) is 9.79 Å². The SMILES string of the molecule is CN=C(NC(=O)Cc1ccc(F)cc1)c1c[nH]c2ncccc12. The van der Waals surface area contributed by atoms with Crippen molar-refractivity contribution in [1.29, 1.82) is 0 Å². The van der Waals surface area contributed by atoms with Gasteiger partial charge < -0.3 is 10.3 Å². The summed E-state index contributed by atoms with van der Waals surface area (Å²) in [5.74, 6) is -0.0666. The molecule has 0 spiro atoms. The molecule has 1 amide bonds. The molecule has 6 heteroatoms. The van der Waals surface area contributed by atoms with Crippen LogP contribution in [0, 0.1) is 5.82 Å². The predicted octanol–water partition coefficient (Wildman–Crippen LogP) is 2.44. The van der Waals surface area contributed by atoms with Crippen molar-refractivity contribution in [2.45, 2.75) is 6.42 Å². The fraction of sp³-hybridized carbons (Fsp3) is 0.118. The van der Waals surface area contributed by atoms with Crippen LogP contribution in [-0.4, -0.2) is 28.8 Å². The number of amides is 1. The largest absolute Gasteiger partial charge is 0.345 e. The third-order valence-electron chi connectivity index (χ3n) is 3.47. The van der Waals surface area contributed by atoms with Crippen molar-refractivity contribution in [1.82, 2.24) is 15.3 Å². The smallest absolute Gasteiger partial charge is 0.229 e. The van der Waals surface area contributed by atoms with Gasteiger partial charge in [0.25, 0.3) is 0 Å². The molecule has 116 valence electrons. The Balaban J connectivity index is 1.77. The summed E-state index contributed by atoms with van der Waals surface area (Å²) >= 11 is 0. The molecular weight excluding hydrogens is 295 g/mol. The molecule has 2 aromatic heterocycles. The average molecular weight is 310 g/mol. The second-order valence-corrected chi connectivity index (χ2v) is 5.03. The summed E-state index contributed by atoms with van der Waals surface area (Å²) in [6, 6.07) is 9.59. The van der Waals surface area contributed by atoms with Crippen LogP contribution in [0.2, 0.25) is 0 Å². The summed E-state index contributed by atoms with van der Waals surface area (Å²) in [7, 11) is 1.61. The minimum absolute atomic E-state index is 0.153. The molecule has 0 aliphatic carbocycles. The molecule has 3 aromatic rings. The molecule has 2 heterocycles. The van der Waals surface area contributed by atoms with Gasteiger partial charge in [0.05, 0.1) is 6.42 Å². The molecule has 1 aromatic carbocycles. The lowest BCUT2D eigenvalue weighted by Crippen LogP contribution is -2.32. The number of carbonyl (C=O) groups is 1. The summed E-state index contributed by atoms with van der Waals surface area (Å²) in [5, 5.41) is 3.68. The highest BCUT2D eigenvalue weighted by atomic mass is 19.1. The number of aromatic nitrogens is 2. The van der Waals surface area contributed by atoms with Crippen LogP contribution in [0.15, 0.2) is 53.8 Å². The zero-order valence-electron chi connectivity index (χ0n) is 12.5. The zero-order chi connectivity index (χ0) is 16.2. The first kappa shape index (κ1) is 14.9. The van der Waals surface area contributed by atoms with Gasteiger partial charge in [0.2, 0.25) is 5.91 Å². The molecule has 2 N–H and O–H groups in total. The number of nitrogens with one attached hydrogen (secondary N) is 2. The number of benzene rings is 1. The Labute approximate surface area is 132 Å². The van der Waals surface area contributed by atoms with E-state index in [0.717, 1.165) is 22.2 Å². The Hall–Kier alpha value is -3.02. The molecule has 0 aliphatic heterocycles. The van der Waals surface area contributed by atoms with E-state index in [1.54, 1.807) is 31.6 Å². The van der Waals surface area contributed by atoms with Crippen molar-refractivity contribution >= 4 is 22.8 Å². The maximum Gasteiger partial charge on any atom is 0.229 e. The number of fused-ring (bicyclic) bond motifs is 1. The Morgan fingerprint density at radius 3 is 2.83 bits per heavy atom. The number of hydrogen-bond donors (Lipinski definition) is 2. The molecule has 0 atom stereocenters. The van der Waals surface area contributed by atoms with Crippen molar-refractivity contribution in [2.24, 2.45) is 4.99 Å². The van der Waals surface area contributed by atoms with E-state index < -0.39 is 0 Å². The first-order valence-electron chi connectivity index (χ1n) is 7.11. The minimum Gasteiger partial charge on any atom is -0.345 e. The van der Waals surface area contributed by atoms with Crippen LogP contribution in [0.4, 0.5) is 4.39 Å². The van der Waals surface area contributed by atoms with Crippen molar-refractivity contribution in [3.63, 3.8) is 0 Å². The number of amidine groups is 1. The van der Waals surface area contributed by atoms with Gasteiger partial charge in [-0.25, -0.2) is 9.37 Å². The number of halogens is 1. The number of aliphatic imine (C=N–C) groups is 1. The van der Waals surface area contributed by atoms with Gasteiger partial charge in [0.1, 0.15) is 17.3 Å². The van der Waals surface area contributed by atoms with Crippen LogP contribution >= 0.6 is 0 Å². The molecule has 0 saturated carbocycles. The third-order valence-corrected chi connectivity index (χ3v) is 3.47. The van der Waals surface area contributed by atoms with Gasteiger partial charge >= 0.3 is 0 Å². The summed E-state index contributed by atoms with van der Waals surface area (Å²) < 4.78 is 12.9. The third kappa shape index (κ3) is 3.26. The summed E-state index contributed by atoms with van der Waals surface area (Å²) in [4.78, 5) is 23.6. The Morgan fingerprint density at radius 1 is 1.30 bits per heavy atom. The van der Waals surface area contributed by atoms with Gasteiger partial charge in [0.15, 0.2) is 0 Å². The summed E-state index contributed by atoms with van der Waals surface area (Å²) in [6.45, 7) is 0. The normalized spacial score (nSPS) is 11.7. The van der Waals surface area contributed by atoms with Crippen molar-refractivity contribution < 1.29 is 9.18 Å². The zero-order valence-corrected chi connectivity index (χ0v) is 12.5. The molecule has 0 aliphatic rings. The Bertz CT molecular complexity index is 868. The molecule has 5 nitrogen and oxygen atoms in total. The highest BCUT2D eigenvalue weighted by molar-refractivity contribution is 6.14. The van der Waals surface area contributed by atoms with E-state index in [-0.39, 0.29) is 18.1 Å². The van der Waals surface area contributed by atoms with Gasteiger partial charge in [-0.15, -0.1) is 0 Å². The molecule has 23 heavy (non-hydrogen) atoms. The number of carbonyl (C=O) groups excluding carboxylic acids is 1. The van der Waals surface area contributed by atoms with Gasteiger partial charge in [-0.1, -0.05) is 12.1 Å². The molecule has 0 saturated heterocycles. The van der Waals surface area contributed by atoms with E-state index in [1.165, 1.54) is 12.1 Å². The number of pyridine rings is 1. The molecule has 3 rings (SSSR count). The van der Waals surface area contributed by atoms with Crippen LogP contribution in [0.5, 0.6) is 0 Å². The minimum atomic E-state index is -0.323. The maximum atomic E-state index is 12.9. The van der Waals surface area contributed by atoms with Gasteiger partial charge in [-0.2, -0.15) is 0 Å². The Kier molecular flexibility index (Phi) is 4.14. The topological polar surface area (TPSA) is 70.1 Å². The first-order chi connectivity index (χ1) is 11.2. The molecular formula is C17H15FN4O. The van der Waals surface area contributed by atoms with E-state index in [4.69, 9.17) is 0 Å². The van der Waals surface area contributed by atoms with Crippen LogP contribution in [-0.2, 0) is 11.2 Å². The maximum absolute atomic E-state index is 12.9. The first-order valence-corrected chi connectivity index (χ1v) is 7.11. The van der Waals surface area contributed by atoms with E-state index >= 15 is 0 Å². The molecule has 0 bridgehead atoms. The van der Waals surface area contributed by atoms with Crippen LogP contribution in [0.1, 0.15) is 11.1 Å². The average Bonchev–Trinajstić information content (AvgIpc) is 2.99. The number of rotatable bonds is 3. The number of nitrogens with zero attached hydrogens (tertiary/aromatic N) is 2. The fourth-order valence-corrected chi connectivity index (χ4v) is 2.36. The van der Waals surface area contributed by atoms with E-state index in [1.807, 2.05) is 12.1 Å². The van der Waals surface area contributed by atoms with Gasteiger partial charge in [0, 0.05) is 30.4 Å². The highest BCUT2D eigenvalue weighted by Crippen LogP contribution is 2.16. The molecule has 0 radical (unpaired) electrons. The fourth-order valence-electron chi connectivity index (χ4n) is 2.36. The standard InChI is InChI=1S/C17H15FN4O/c1-19-16(14-10-21-17-13(14)3-2-8-20-17)22-15(23)9-11-4-6-12(18)7-5-11/h2-8,10H,9H2,1H3,(H,20,21)(H,19,22,23). The number of H-pyrrole nitrogens is 1. The van der Waals surface area contributed by atoms with Crippen LogP contribution < -0.4 is 5.32 Å². The van der Waals surface area contributed by atoms with E-state index in [0.29, 0.717) is 5.84 Å². The molecule has 0 unspecified atom stereocenters. The van der Waals surface area contributed by atoms with E-state index in [2.05, 4.69) is 20.3 Å². The second-order valence-electron chi connectivity index (χ2n) is 5.03. The predicted molar refractivity (Wildman–Crippen MR) is 86.8 cm³/mol. The lowest BCUT2D eigenvalue weighted by atomic mass is 10.1. The lowest BCUT2D eigenvalue weighted by molar-refractivity contribution is -0.119. The number of aromatic amines is 1. The number of hydrogen-bond acceptors (Lipinski definition) is 3. The Morgan fingerprint density at radius 2 is 2.09 bits per heavy atom. The molecule has 0 fully saturated rings. The van der Waals surface area contributed by atoms with Gasteiger partial charge in [-0.05, 0) is 29.8 Å². The quantitative estimate of drug-likeness (QED) is 0.576. The van der Waals surface area contributed by atoms with Crippen LogP contribution in [0.25, 0.3) is 11.0 Å². The summed E-state index contributed by atoms with van der Waals surface area (Å²) in [5.41, 5.74) is 2.25. The second kappa shape index (κ2) is 6.39. The van der Waals surface area contributed by atoms with Crippen molar-refractivity contribution in [3.8, 4) is 0 Å². The highest BCUT2D eigenvalue weighted by Gasteiger charge is 2.13. The monoisotopic (exact) mass is 310 g/mol. The van der Waals surface area contributed by atoms with Crippen molar-refractivity contribution in [2.75, 3.05) is 7.05 Å². The van der Waals surface area contributed by atoms with E-state index in [9.17, 15) is 9.18 Å². The summed E-state index contributed by atoms with van der Waals surface area (Å²) in [6.07, 6.45) is 3.61. The van der Waals surface area contributed by atoms with Crippen LogP contribution in [0.3, 0.4) is 0 Å².